The van der Waals surface area contributed by atoms with E-state index in [4.69, 9.17) is 14.2 Å². The first-order chi connectivity index (χ1) is 16.0. The van der Waals surface area contributed by atoms with E-state index >= 15 is 0 Å². The topological polar surface area (TPSA) is 145 Å². The van der Waals surface area contributed by atoms with E-state index in [1.807, 2.05) is 0 Å². The number of methoxy groups -OCH3 is 3. The number of anilines is 1. The molecule has 0 fully saturated rings. The van der Waals surface area contributed by atoms with Gasteiger partial charge in [0.15, 0.2) is 5.82 Å². The Kier molecular flexibility index (Phi) is 7.12. The van der Waals surface area contributed by atoms with Gasteiger partial charge in [0.2, 0.25) is 16.0 Å². The molecule has 12 heteroatoms. The van der Waals surface area contributed by atoms with Crippen molar-refractivity contribution in [2.75, 3.05) is 26.6 Å². The Morgan fingerprint density at radius 2 is 1.68 bits per heavy atom. The zero-order valence-electron chi connectivity index (χ0n) is 19.7. The van der Waals surface area contributed by atoms with Crippen LogP contribution in [0, 0.1) is 0 Å². The minimum Gasteiger partial charge on any atom is -0.497 e. The number of H-pyrrole nitrogens is 1. The van der Waals surface area contributed by atoms with Crippen LogP contribution in [0.25, 0.3) is 11.4 Å². The van der Waals surface area contributed by atoms with Crippen LogP contribution in [0.2, 0.25) is 0 Å². The second-order valence-electron chi connectivity index (χ2n) is 8.25. The Hall–Kier alpha value is -3.64. The Morgan fingerprint density at radius 1 is 0.971 bits per heavy atom. The largest absolute Gasteiger partial charge is 0.497 e. The average molecular weight is 490 g/mol. The summed E-state index contributed by atoms with van der Waals surface area (Å²) in [6.07, 6.45) is 0. The lowest BCUT2D eigenvalue weighted by Gasteiger charge is -2.21. The van der Waals surface area contributed by atoms with Crippen LogP contribution >= 0.6 is 0 Å². The number of nitrogens with zero attached hydrogens (tertiary/aromatic N) is 2. The Balaban J connectivity index is 1.87. The quantitative estimate of drug-likeness (QED) is 0.438. The standard InChI is InChI=1S/C22H27N5O6S/c1-22(2,3)27-34(29,30)18-11-13(7-10-16(18)32-5)20(28)24-21-23-19(25-26-21)15-9-8-14(31-4)12-17(15)33-6/h7-12,27H,1-6H3,(H2,23,24,25,26,28). The van der Waals surface area contributed by atoms with E-state index in [9.17, 15) is 13.2 Å². The van der Waals surface area contributed by atoms with E-state index < -0.39 is 21.5 Å². The van der Waals surface area contributed by atoms with Crippen LogP contribution in [0.5, 0.6) is 17.2 Å². The van der Waals surface area contributed by atoms with Crippen molar-refractivity contribution in [2.45, 2.75) is 31.2 Å². The molecule has 3 aromatic rings. The number of benzene rings is 2. The molecule has 3 rings (SSSR count). The molecule has 2 aromatic carbocycles. The summed E-state index contributed by atoms with van der Waals surface area (Å²) in [4.78, 5) is 17.0. The molecule has 1 aromatic heterocycles. The number of rotatable bonds is 8. The predicted molar refractivity (Wildman–Crippen MR) is 126 cm³/mol. The minimum atomic E-state index is -3.95. The van der Waals surface area contributed by atoms with Gasteiger partial charge in [-0.15, -0.1) is 5.10 Å². The lowest BCUT2D eigenvalue weighted by Crippen LogP contribution is -2.40. The molecule has 1 heterocycles. The molecule has 0 aliphatic rings. The van der Waals surface area contributed by atoms with Crippen molar-refractivity contribution in [1.82, 2.24) is 19.9 Å². The highest BCUT2D eigenvalue weighted by atomic mass is 32.2. The summed E-state index contributed by atoms with van der Waals surface area (Å²) in [5, 5.41) is 9.33. The maximum atomic E-state index is 12.9. The molecule has 0 aliphatic carbocycles. The van der Waals surface area contributed by atoms with E-state index in [2.05, 4.69) is 25.2 Å². The number of nitrogens with one attached hydrogen (secondary N) is 3. The van der Waals surface area contributed by atoms with Gasteiger partial charge in [0, 0.05) is 17.2 Å². The van der Waals surface area contributed by atoms with E-state index in [0.717, 1.165) is 0 Å². The van der Waals surface area contributed by atoms with Crippen LogP contribution in [0.15, 0.2) is 41.3 Å². The van der Waals surface area contributed by atoms with Crippen molar-refractivity contribution >= 4 is 21.9 Å². The third-order valence-corrected chi connectivity index (χ3v) is 6.31. The number of aromatic nitrogens is 3. The second-order valence-corrected chi connectivity index (χ2v) is 9.90. The first-order valence-electron chi connectivity index (χ1n) is 10.2. The van der Waals surface area contributed by atoms with Crippen molar-refractivity contribution < 1.29 is 27.4 Å². The zero-order valence-corrected chi connectivity index (χ0v) is 20.5. The molecule has 11 nitrogen and oxygen atoms in total. The normalized spacial score (nSPS) is 11.7. The third kappa shape index (κ3) is 5.64. The molecular formula is C22H27N5O6S. The molecule has 1 amide bonds. The number of carbonyl (C=O) groups excluding carboxylic acids is 1. The SMILES string of the molecule is COc1ccc(-c2nc(NC(=O)c3ccc(OC)c(S(=O)(=O)NC(C)(C)C)c3)n[nH]2)c(OC)c1. The number of sulfonamides is 1. The van der Waals surface area contributed by atoms with Gasteiger partial charge in [0.25, 0.3) is 5.91 Å². The molecule has 182 valence electrons. The number of ether oxygens (including phenoxy) is 3. The fourth-order valence-electron chi connectivity index (χ4n) is 3.09. The summed E-state index contributed by atoms with van der Waals surface area (Å²) in [6.45, 7) is 5.14. The Morgan fingerprint density at radius 3 is 2.29 bits per heavy atom. The summed E-state index contributed by atoms with van der Waals surface area (Å²) in [5.41, 5.74) is -0.0224. The Labute approximate surface area is 197 Å². The van der Waals surface area contributed by atoms with Crippen molar-refractivity contribution in [2.24, 2.45) is 0 Å². The fourth-order valence-corrected chi connectivity index (χ4v) is 4.71. The van der Waals surface area contributed by atoms with Gasteiger partial charge in [0.05, 0.1) is 26.9 Å². The lowest BCUT2D eigenvalue weighted by molar-refractivity contribution is 0.102. The van der Waals surface area contributed by atoms with Gasteiger partial charge in [-0.25, -0.2) is 13.1 Å². The van der Waals surface area contributed by atoms with Crippen molar-refractivity contribution in [3.05, 3.63) is 42.0 Å². The molecule has 0 bridgehead atoms. The predicted octanol–water partition coefficient (Wildman–Crippen LogP) is 2.83. The number of carbonyl (C=O) groups is 1. The maximum absolute atomic E-state index is 12.9. The molecule has 0 atom stereocenters. The van der Waals surface area contributed by atoms with Crippen LogP contribution in [0.1, 0.15) is 31.1 Å². The van der Waals surface area contributed by atoms with Crippen LogP contribution in [-0.4, -0.2) is 56.4 Å². The van der Waals surface area contributed by atoms with Gasteiger partial charge in [-0.3, -0.25) is 15.2 Å². The zero-order chi connectivity index (χ0) is 25.1. The van der Waals surface area contributed by atoms with Crippen LogP contribution in [0.4, 0.5) is 5.95 Å². The first-order valence-corrected chi connectivity index (χ1v) is 11.6. The van der Waals surface area contributed by atoms with Crippen LogP contribution < -0.4 is 24.2 Å². The van der Waals surface area contributed by atoms with Gasteiger partial charge in [0.1, 0.15) is 22.1 Å². The smallest absolute Gasteiger partial charge is 0.258 e. The molecule has 0 saturated heterocycles. The van der Waals surface area contributed by atoms with Gasteiger partial charge < -0.3 is 14.2 Å². The molecular weight excluding hydrogens is 462 g/mol. The van der Waals surface area contributed by atoms with E-state index in [0.29, 0.717) is 22.9 Å². The Bertz CT molecular complexity index is 1300. The summed E-state index contributed by atoms with van der Waals surface area (Å²) >= 11 is 0. The first kappa shape index (κ1) is 25.0. The lowest BCUT2D eigenvalue weighted by atomic mass is 10.1. The van der Waals surface area contributed by atoms with E-state index in [-0.39, 0.29) is 22.2 Å². The summed E-state index contributed by atoms with van der Waals surface area (Å²) in [6, 6.07) is 9.28. The van der Waals surface area contributed by atoms with E-state index in [1.54, 1.807) is 46.1 Å². The summed E-state index contributed by atoms with van der Waals surface area (Å²) < 4.78 is 44.0. The highest BCUT2D eigenvalue weighted by molar-refractivity contribution is 7.89. The van der Waals surface area contributed by atoms with E-state index in [1.165, 1.54) is 32.4 Å². The highest BCUT2D eigenvalue weighted by Gasteiger charge is 2.26. The van der Waals surface area contributed by atoms with Gasteiger partial charge in [-0.2, -0.15) is 4.98 Å². The molecule has 3 N–H and O–H groups in total. The monoisotopic (exact) mass is 489 g/mol. The number of hydrogen-bond donors (Lipinski definition) is 3. The number of aromatic amines is 1. The molecule has 0 radical (unpaired) electrons. The highest BCUT2D eigenvalue weighted by Crippen LogP contribution is 2.32. The van der Waals surface area contributed by atoms with Gasteiger partial charge >= 0.3 is 0 Å². The second kappa shape index (κ2) is 9.69. The van der Waals surface area contributed by atoms with Gasteiger partial charge in [-0.1, -0.05) is 0 Å². The van der Waals surface area contributed by atoms with Crippen molar-refractivity contribution in [3.63, 3.8) is 0 Å². The summed E-state index contributed by atoms with van der Waals surface area (Å²) in [7, 11) is 0.466. The van der Waals surface area contributed by atoms with Crippen LogP contribution in [-0.2, 0) is 10.0 Å². The fraction of sp³-hybridized carbons (Fsp3) is 0.318. The number of amides is 1. The van der Waals surface area contributed by atoms with Crippen LogP contribution in [0.3, 0.4) is 0 Å². The number of hydrogen-bond acceptors (Lipinski definition) is 8. The van der Waals surface area contributed by atoms with Crippen molar-refractivity contribution in [1.29, 1.82) is 0 Å². The molecule has 34 heavy (non-hydrogen) atoms. The molecule has 0 spiro atoms. The minimum absolute atomic E-state index is 0.00547. The van der Waals surface area contributed by atoms with Gasteiger partial charge in [-0.05, 0) is 51.1 Å². The molecule has 0 aliphatic heterocycles. The maximum Gasteiger partial charge on any atom is 0.258 e. The molecule has 0 saturated carbocycles. The molecule has 0 unspecified atom stereocenters. The summed E-state index contributed by atoms with van der Waals surface area (Å²) in [5.74, 6) is 1.000. The van der Waals surface area contributed by atoms with Crippen molar-refractivity contribution in [3.8, 4) is 28.6 Å². The average Bonchev–Trinajstić information content (AvgIpc) is 3.24. The third-order valence-electron chi connectivity index (χ3n) is 4.53.